The Morgan fingerprint density at radius 2 is 1.75 bits per heavy atom. The van der Waals surface area contributed by atoms with Crippen LogP contribution in [0.2, 0.25) is 0 Å². The van der Waals surface area contributed by atoms with Crippen LogP contribution in [-0.2, 0) is 14.8 Å². The summed E-state index contributed by atoms with van der Waals surface area (Å²) in [5.74, 6) is 0.00261. The standard InChI is InChI=1S/C17H17BrN2O3S/c18-13-7-9-14(10-8-13)20-24(22,23)16-6-2-5-15(11-16)19-17(21)12-3-1-4-12/h2,5-12,20H,1,3-4H2,(H,19,21). The van der Waals surface area contributed by atoms with E-state index in [0.717, 1.165) is 23.7 Å². The molecule has 7 heteroatoms. The van der Waals surface area contributed by atoms with Crippen molar-refractivity contribution >= 4 is 43.2 Å². The van der Waals surface area contributed by atoms with Crippen molar-refractivity contribution in [3.8, 4) is 0 Å². The van der Waals surface area contributed by atoms with E-state index in [4.69, 9.17) is 0 Å². The molecule has 126 valence electrons. The molecule has 0 bridgehead atoms. The van der Waals surface area contributed by atoms with E-state index in [1.807, 2.05) is 0 Å². The summed E-state index contributed by atoms with van der Waals surface area (Å²) in [6.45, 7) is 0. The van der Waals surface area contributed by atoms with Gasteiger partial charge in [-0.3, -0.25) is 9.52 Å². The van der Waals surface area contributed by atoms with Gasteiger partial charge in [-0.2, -0.15) is 0 Å². The Morgan fingerprint density at radius 1 is 1.04 bits per heavy atom. The summed E-state index contributed by atoms with van der Waals surface area (Å²) in [4.78, 5) is 12.1. The first kappa shape index (κ1) is 17.0. The minimum absolute atomic E-state index is 0.0448. The zero-order chi connectivity index (χ0) is 17.2. The molecule has 0 atom stereocenters. The van der Waals surface area contributed by atoms with Crippen LogP contribution < -0.4 is 10.0 Å². The van der Waals surface area contributed by atoms with Gasteiger partial charge in [-0.05, 0) is 55.3 Å². The van der Waals surface area contributed by atoms with Crippen molar-refractivity contribution in [2.24, 2.45) is 5.92 Å². The van der Waals surface area contributed by atoms with Crippen LogP contribution in [0.5, 0.6) is 0 Å². The molecular formula is C17H17BrN2O3S. The predicted molar refractivity (Wildman–Crippen MR) is 97.4 cm³/mol. The number of carbonyl (C=O) groups excluding carboxylic acids is 1. The number of sulfonamides is 1. The maximum Gasteiger partial charge on any atom is 0.261 e. The van der Waals surface area contributed by atoms with Gasteiger partial charge >= 0.3 is 0 Å². The second-order valence-corrected chi connectivity index (χ2v) is 8.36. The smallest absolute Gasteiger partial charge is 0.261 e. The molecule has 0 heterocycles. The van der Waals surface area contributed by atoms with Crippen LogP contribution in [0, 0.1) is 5.92 Å². The molecule has 0 radical (unpaired) electrons. The largest absolute Gasteiger partial charge is 0.326 e. The van der Waals surface area contributed by atoms with Crippen molar-refractivity contribution in [1.29, 1.82) is 0 Å². The highest BCUT2D eigenvalue weighted by molar-refractivity contribution is 9.10. The molecule has 0 spiro atoms. The molecule has 1 fully saturated rings. The van der Waals surface area contributed by atoms with Crippen LogP contribution >= 0.6 is 15.9 Å². The predicted octanol–water partition coefficient (Wildman–Crippen LogP) is 3.99. The third-order valence-electron chi connectivity index (χ3n) is 3.98. The van der Waals surface area contributed by atoms with Crippen LogP contribution in [0.3, 0.4) is 0 Å². The Balaban J connectivity index is 1.76. The number of hydrogen-bond acceptors (Lipinski definition) is 3. The molecular weight excluding hydrogens is 392 g/mol. The van der Waals surface area contributed by atoms with Gasteiger partial charge in [0.25, 0.3) is 10.0 Å². The fourth-order valence-electron chi connectivity index (χ4n) is 2.39. The van der Waals surface area contributed by atoms with Crippen molar-refractivity contribution < 1.29 is 13.2 Å². The summed E-state index contributed by atoms with van der Waals surface area (Å²) in [5.41, 5.74) is 0.965. The molecule has 2 aromatic rings. The fourth-order valence-corrected chi connectivity index (χ4v) is 3.76. The molecule has 0 unspecified atom stereocenters. The number of halogens is 1. The minimum atomic E-state index is -3.71. The first-order valence-electron chi connectivity index (χ1n) is 7.63. The first-order valence-corrected chi connectivity index (χ1v) is 9.91. The molecule has 24 heavy (non-hydrogen) atoms. The fraction of sp³-hybridized carbons (Fsp3) is 0.235. The molecule has 2 aromatic carbocycles. The Hall–Kier alpha value is -1.86. The lowest BCUT2D eigenvalue weighted by Crippen LogP contribution is -2.28. The van der Waals surface area contributed by atoms with E-state index in [-0.39, 0.29) is 16.7 Å². The van der Waals surface area contributed by atoms with Crippen LogP contribution in [0.25, 0.3) is 0 Å². The van der Waals surface area contributed by atoms with Gasteiger partial charge in [0.1, 0.15) is 0 Å². The highest BCUT2D eigenvalue weighted by Gasteiger charge is 2.25. The van der Waals surface area contributed by atoms with Gasteiger partial charge in [0.2, 0.25) is 5.91 Å². The second-order valence-electron chi connectivity index (χ2n) is 5.76. The van der Waals surface area contributed by atoms with Crippen molar-refractivity contribution in [1.82, 2.24) is 0 Å². The lowest BCUT2D eigenvalue weighted by Gasteiger charge is -2.24. The lowest BCUT2D eigenvalue weighted by atomic mass is 9.85. The summed E-state index contributed by atoms with van der Waals surface area (Å²) >= 11 is 3.31. The maximum absolute atomic E-state index is 12.5. The average Bonchev–Trinajstić information content (AvgIpc) is 2.48. The van der Waals surface area contributed by atoms with Gasteiger partial charge in [-0.1, -0.05) is 28.4 Å². The number of anilines is 2. The third-order valence-corrected chi connectivity index (χ3v) is 5.89. The molecule has 1 aliphatic carbocycles. The van der Waals surface area contributed by atoms with E-state index < -0.39 is 10.0 Å². The van der Waals surface area contributed by atoms with Crippen molar-refractivity contribution in [3.05, 3.63) is 53.0 Å². The summed E-state index contributed by atoms with van der Waals surface area (Å²) < 4.78 is 28.4. The van der Waals surface area contributed by atoms with E-state index in [9.17, 15) is 13.2 Å². The number of amides is 1. The molecule has 0 saturated heterocycles. The summed E-state index contributed by atoms with van der Waals surface area (Å²) in [7, 11) is -3.71. The van der Waals surface area contributed by atoms with Crippen molar-refractivity contribution in [2.75, 3.05) is 10.0 Å². The van der Waals surface area contributed by atoms with E-state index in [1.54, 1.807) is 36.4 Å². The average molecular weight is 409 g/mol. The monoisotopic (exact) mass is 408 g/mol. The van der Waals surface area contributed by atoms with E-state index in [0.29, 0.717) is 11.4 Å². The lowest BCUT2D eigenvalue weighted by molar-refractivity contribution is -0.122. The molecule has 0 aromatic heterocycles. The number of nitrogens with one attached hydrogen (secondary N) is 2. The highest BCUT2D eigenvalue weighted by atomic mass is 79.9. The van der Waals surface area contributed by atoms with Gasteiger partial charge in [0, 0.05) is 21.8 Å². The van der Waals surface area contributed by atoms with Gasteiger partial charge in [0.05, 0.1) is 4.90 Å². The second kappa shape index (κ2) is 6.94. The maximum atomic E-state index is 12.5. The van der Waals surface area contributed by atoms with Crippen LogP contribution in [0.15, 0.2) is 57.9 Å². The van der Waals surface area contributed by atoms with E-state index in [2.05, 4.69) is 26.0 Å². The molecule has 0 aliphatic heterocycles. The van der Waals surface area contributed by atoms with Crippen molar-refractivity contribution in [2.45, 2.75) is 24.2 Å². The summed E-state index contributed by atoms with van der Waals surface area (Å²) in [6, 6.07) is 13.1. The molecule has 2 N–H and O–H groups in total. The van der Waals surface area contributed by atoms with E-state index >= 15 is 0 Å². The topological polar surface area (TPSA) is 75.3 Å². The number of benzene rings is 2. The number of rotatable bonds is 5. The first-order chi connectivity index (χ1) is 11.4. The van der Waals surface area contributed by atoms with Gasteiger partial charge < -0.3 is 5.32 Å². The number of carbonyl (C=O) groups is 1. The Bertz CT molecular complexity index is 846. The van der Waals surface area contributed by atoms with Crippen LogP contribution in [-0.4, -0.2) is 14.3 Å². The third kappa shape index (κ3) is 3.96. The van der Waals surface area contributed by atoms with Gasteiger partial charge in [0.15, 0.2) is 0 Å². The SMILES string of the molecule is O=C(Nc1cccc(S(=O)(=O)Nc2ccc(Br)cc2)c1)C1CCC1. The Morgan fingerprint density at radius 3 is 2.38 bits per heavy atom. The minimum Gasteiger partial charge on any atom is -0.326 e. The molecule has 3 rings (SSSR count). The van der Waals surface area contributed by atoms with Crippen LogP contribution in [0.1, 0.15) is 19.3 Å². The van der Waals surface area contributed by atoms with Gasteiger partial charge in [-0.25, -0.2) is 8.42 Å². The number of hydrogen-bond donors (Lipinski definition) is 2. The van der Waals surface area contributed by atoms with E-state index in [1.165, 1.54) is 12.1 Å². The van der Waals surface area contributed by atoms with Crippen molar-refractivity contribution in [3.63, 3.8) is 0 Å². The zero-order valence-corrected chi connectivity index (χ0v) is 15.2. The summed E-state index contributed by atoms with van der Waals surface area (Å²) in [5, 5.41) is 2.79. The normalized spacial score (nSPS) is 14.7. The molecule has 1 aliphatic rings. The Kier molecular flexibility index (Phi) is 4.91. The molecule has 1 amide bonds. The molecule has 1 saturated carbocycles. The zero-order valence-electron chi connectivity index (χ0n) is 12.8. The van der Waals surface area contributed by atoms with Crippen LogP contribution in [0.4, 0.5) is 11.4 Å². The molecule has 5 nitrogen and oxygen atoms in total. The summed E-state index contributed by atoms with van der Waals surface area (Å²) in [6.07, 6.45) is 2.87. The highest BCUT2D eigenvalue weighted by Crippen LogP contribution is 2.28. The quantitative estimate of drug-likeness (QED) is 0.784. The Labute approximate surface area is 149 Å². The van der Waals surface area contributed by atoms with Gasteiger partial charge in [-0.15, -0.1) is 0 Å².